The van der Waals surface area contributed by atoms with Gasteiger partial charge in [0.05, 0.1) is 0 Å². The Bertz CT molecular complexity index is 1600. The summed E-state index contributed by atoms with van der Waals surface area (Å²) in [6, 6.07) is 23.3. The minimum absolute atomic E-state index is 1.00. The van der Waals surface area contributed by atoms with Crippen molar-refractivity contribution in [2.24, 2.45) is 0 Å². The normalized spacial score (nSPS) is 12.2. The molecule has 0 unspecified atom stereocenters. The Balaban J connectivity index is 1.26. The van der Waals surface area contributed by atoms with Crippen LogP contribution in [0.3, 0.4) is 0 Å². The zero-order chi connectivity index (χ0) is 27.3. The molecule has 6 rings (SSSR count). The summed E-state index contributed by atoms with van der Waals surface area (Å²) in [5, 5.41) is 7.85. The Hall–Kier alpha value is -2.84. The van der Waals surface area contributed by atoms with Crippen molar-refractivity contribution in [3.05, 3.63) is 71.8 Å². The molecule has 0 bridgehead atoms. The third-order valence-electron chi connectivity index (χ3n) is 8.83. The molecule has 0 radical (unpaired) electrons. The number of hydrogen-bond donors (Lipinski definition) is 0. The molecular formula is C38H44OS. The van der Waals surface area contributed by atoms with Crippen LogP contribution in [0, 0.1) is 0 Å². The van der Waals surface area contributed by atoms with E-state index in [1.807, 2.05) is 11.3 Å². The van der Waals surface area contributed by atoms with Gasteiger partial charge in [0.25, 0.3) is 0 Å². The highest BCUT2D eigenvalue weighted by molar-refractivity contribution is 7.26. The monoisotopic (exact) mass is 548 g/mol. The van der Waals surface area contributed by atoms with Crippen LogP contribution in [0.2, 0.25) is 0 Å². The molecule has 2 aromatic heterocycles. The number of benzene rings is 4. The van der Waals surface area contributed by atoms with E-state index in [1.54, 1.807) is 0 Å². The molecule has 2 heteroatoms. The Kier molecular flexibility index (Phi) is 8.73. The van der Waals surface area contributed by atoms with Gasteiger partial charge in [0.15, 0.2) is 0 Å². The van der Waals surface area contributed by atoms with Gasteiger partial charge in [-0.1, -0.05) is 102 Å². The molecule has 0 N–H and O–H groups in total. The summed E-state index contributed by atoms with van der Waals surface area (Å²) >= 11 is 1.93. The number of hydrogen-bond acceptors (Lipinski definition) is 2. The highest BCUT2D eigenvalue weighted by Gasteiger charge is 2.15. The second-order valence-electron chi connectivity index (χ2n) is 11.9. The zero-order valence-electron chi connectivity index (χ0n) is 24.5. The van der Waals surface area contributed by atoms with Crippen molar-refractivity contribution >= 4 is 64.2 Å². The van der Waals surface area contributed by atoms with Gasteiger partial charge >= 0.3 is 0 Å². The van der Waals surface area contributed by atoms with Crippen molar-refractivity contribution < 1.29 is 4.42 Å². The van der Waals surface area contributed by atoms with Gasteiger partial charge in [-0.2, -0.15) is 0 Å². The number of unbranched alkanes of at least 4 members (excludes halogenated alkanes) is 10. The molecule has 4 aromatic carbocycles. The molecule has 2 heterocycles. The second kappa shape index (κ2) is 12.8. The predicted molar refractivity (Wildman–Crippen MR) is 178 cm³/mol. The molecule has 0 amide bonds. The first kappa shape index (κ1) is 27.3. The van der Waals surface area contributed by atoms with Gasteiger partial charge in [0.2, 0.25) is 0 Å². The molecule has 0 saturated carbocycles. The molecule has 0 fully saturated rings. The van der Waals surface area contributed by atoms with Gasteiger partial charge in [-0.3, -0.25) is 0 Å². The number of thiophene rings is 1. The minimum Gasteiger partial charge on any atom is -0.455 e. The molecule has 0 atom stereocenters. The van der Waals surface area contributed by atoms with E-state index in [4.69, 9.17) is 4.42 Å². The summed E-state index contributed by atoms with van der Waals surface area (Å²) in [5.41, 5.74) is 4.95. The Labute approximate surface area is 243 Å². The van der Waals surface area contributed by atoms with Gasteiger partial charge in [0.1, 0.15) is 11.2 Å². The fourth-order valence-electron chi connectivity index (χ4n) is 6.50. The molecule has 6 aromatic rings. The van der Waals surface area contributed by atoms with Crippen molar-refractivity contribution in [1.82, 2.24) is 0 Å². The van der Waals surface area contributed by atoms with Gasteiger partial charge in [0, 0.05) is 41.7 Å². The Morgan fingerprint density at radius 2 is 1.02 bits per heavy atom. The van der Waals surface area contributed by atoms with Crippen molar-refractivity contribution in [2.45, 2.75) is 104 Å². The van der Waals surface area contributed by atoms with Crippen LogP contribution in [-0.2, 0) is 12.8 Å². The average Bonchev–Trinajstić information content (AvgIpc) is 3.54. The number of furan rings is 1. The Morgan fingerprint density at radius 1 is 0.500 bits per heavy atom. The highest BCUT2D eigenvalue weighted by Crippen LogP contribution is 2.42. The van der Waals surface area contributed by atoms with Crippen LogP contribution in [0.1, 0.15) is 102 Å². The molecular weight excluding hydrogens is 504 g/mol. The van der Waals surface area contributed by atoms with Crippen LogP contribution in [-0.4, -0.2) is 0 Å². The lowest BCUT2D eigenvalue weighted by molar-refractivity contribution is 0.607. The van der Waals surface area contributed by atoms with Crippen LogP contribution in [0.4, 0.5) is 0 Å². The topological polar surface area (TPSA) is 13.1 Å². The van der Waals surface area contributed by atoms with Crippen molar-refractivity contribution in [1.29, 1.82) is 0 Å². The maximum absolute atomic E-state index is 6.52. The third-order valence-corrected chi connectivity index (χ3v) is 10.1. The van der Waals surface area contributed by atoms with Crippen LogP contribution >= 0.6 is 11.3 Å². The summed E-state index contributed by atoms with van der Waals surface area (Å²) in [5.74, 6) is 0. The van der Waals surface area contributed by atoms with E-state index in [1.165, 1.54) is 136 Å². The maximum Gasteiger partial charge on any atom is 0.143 e. The van der Waals surface area contributed by atoms with E-state index >= 15 is 0 Å². The molecule has 0 aliphatic heterocycles. The van der Waals surface area contributed by atoms with Crippen LogP contribution in [0.15, 0.2) is 65.1 Å². The molecule has 1 nitrogen and oxygen atoms in total. The van der Waals surface area contributed by atoms with Crippen LogP contribution in [0.5, 0.6) is 0 Å². The number of fused-ring (bicyclic) bond motifs is 9. The van der Waals surface area contributed by atoms with Crippen LogP contribution < -0.4 is 0 Å². The van der Waals surface area contributed by atoms with Crippen molar-refractivity contribution in [3.63, 3.8) is 0 Å². The minimum atomic E-state index is 1.00. The third kappa shape index (κ3) is 5.66. The lowest BCUT2D eigenvalue weighted by atomic mass is 10.00. The van der Waals surface area contributed by atoms with E-state index in [2.05, 4.69) is 74.5 Å². The Morgan fingerprint density at radius 3 is 1.70 bits per heavy atom. The van der Waals surface area contributed by atoms with Gasteiger partial charge < -0.3 is 4.42 Å². The highest BCUT2D eigenvalue weighted by atomic mass is 32.1. The van der Waals surface area contributed by atoms with Crippen molar-refractivity contribution in [3.8, 4) is 0 Å². The number of aryl methyl sites for hydroxylation is 2. The average molecular weight is 549 g/mol. The summed E-state index contributed by atoms with van der Waals surface area (Å²) in [6.07, 6.45) is 18.5. The fourth-order valence-corrected chi connectivity index (χ4v) is 7.71. The summed E-state index contributed by atoms with van der Waals surface area (Å²) in [6.45, 7) is 4.57. The molecule has 0 aliphatic rings. The van der Waals surface area contributed by atoms with E-state index in [-0.39, 0.29) is 0 Å². The predicted octanol–water partition coefficient (Wildman–Crippen LogP) is 12.9. The summed E-state index contributed by atoms with van der Waals surface area (Å²) in [7, 11) is 0. The molecule has 0 saturated heterocycles. The smallest absolute Gasteiger partial charge is 0.143 e. The van der Waals surface area contributed by atoms with Gasteiger partial charge in [-0.05, 0) is 73.2 Å². The van der Waals surface area contributed by atoms with E-state index in [9.17, 15) is 0 Å². The second-order valence-corrected chi connectivity index (χ2v) is 12.9. The standard InChI is InChI=1S/C38H44OS/c1-3-5-7-9-11-13-15-27-17-23-35-33(25-27)30-20-21-31-29(37(30)39-35)19-22-32-34-26-28(16-14-12-10-8-6-4-2)18-24-36(34)40-38(31)32/h17-26H,3-16H2,1-2H3. The summed E-state index contributed by atoms with van der Waals surface area (Å²) < 4.78 is 9.29. The first-order valence-corrected chi connectivity index (χ1v) is 16.8. The van der Waals surface area contributed by atoms with E-state index < -0.39 is 0 Å². The van der Waals surface area contributed by atoms with Crippen LogP contribution in [0.25, 0.3) is 52.9 Å². The molecule has 0 spiro atoms. The molecule has 208 valence electrons. The first-order chi connectivity index (χ1) is 19.8. The van der Waals surface area contributed by atoms with Crippen molar-refractivity contribution in [2.75, 3.05) is 0 Å². The molecule has 40 heavy (non-hydrogen) atoms. The quantitative estimate of drug-likeness (QED) is 0.123. The maximum atomic E-state index is 6.52. The summed E-state index contributed by atoms with van der Waals surface area (Å²) in [4.78, 5) is 0. The van der Waals surface area contributed by atoms with E-state index in [0.717, 1.165) is 17.6 Å². The largest absolute Gasteiger partial charge is 0.455 e. The zero-order valence-corrected chi connectivity index (χ0v) is 25.3. The fraction of sp³-hybridized carbons (Fsp3) is 0.421. The number of rotatable bonds is 14. The lowest BCUT2D eigenvalue weighted by Gasteiger charge is -2.03. The molecule has 0 aliphatic carbocycles. The van der Waals surface area contributed by atoms with Gasteiger partial charge in [-0.15, -0.1) is 11.3 Å². The lowest BCUT2D eigenvalue weighted by Crippen LogP contribution is -1.86. The SMILES string of the molecule is CCCCCCCCc1ccc2oc3c(ccc4c3ccc3c5cc(CCCCCCCC)ccc5sc34)c2c1. The van der Waals surface area contributed by atoms with E-state index in [0.29, 0.717) is 0 Å². The van der Waals surface area contributed by atoms with Gasteiger partial charge in [-0.25, -0.2) is 0 Å². The first-order valence-electron chi connectivity index (χ1n) is 16.0.